The van der Waals surface area contributed by atoms with E-state index in [4.69, 9.17) is 9.58 Å². The van der Waals surface area contributed by atoms with Crippen molar-refractivity contribution in [2.75, 3.05) is 0 Å². The topological polar surface area (TPSA) is 0 Å². The fourth-order valence-electron chi connectivity index (χ4n) is 1.64. The van der Waals surface area contributed by atoms with E-state index in [2.05, 4.69) is 49.0 Å². The summed E-state index contributed by atoms with van der Waals surface area (Å²) in [6.07, 6.45) is 6.11. The van der Waals surface area contributed by atoms with Gasteiger partial charge in [-0.1, -0.05) is 0 Å². The van der Waals surface area contributed by atoms with Crippen LogP contribution in [0.3, 0.4) is 0 Å². The van der Waals surface area contributed by atoms with Crippen LogP contribution in [0.4, 0.5) is 0 Å². The normalized spacial score (nSPS) is 13.7. The van der Waals surface area contributed by atoms with Gasteiger partial charge in [0.1, 0.15) is 0 Å². The first kappa shape index (κ1) is 15.5. The van der Waals surface area contributed by atoms with Crippen LogP contribution >= 0.6 is 22.2 Å². The summed E-state index contributed by atoms with van der Waals surface area (Å²) in [4.78, 5) is 0.914. The Labute approximate surface area is 137 Å². The van der Waals surface area contributed by atoms with Crippen LogP contribution < -0.4 is 0 Å². The number of hydrogen-bond donors (Lipinski definition) is 1. The van der Waals surface area contributed by atoms with Crippen LogP contribution in [0.15, 0.2) is 77.7 Å². The molecule has 0 saturated carbocycles. The zero-order valence-electron chi connectivity index (χ0n) is 10.7. The monoisotopic (exact) mass is 478 g/mol. The second kappa shape index (κ2) is 8.38. The first-order valence-electron chi connectivity index (χ1n) is 6.08. The molecule has 0 N–H and O–H groups in total. The van der Waals surface area contributed by atoms with Crippen molar-refractivity contribution < 1.29 is 16.2 Å². The van der Waals surface area contributed by atoms with Crippen molar-refractivity contribution in [2.24, 2.45) is 0 Å². The minimum atomic E-state index is -0.640. The molecule has 0 amide bonds. The van der Waals surface area contributed by atoms with Crippen molar-refractivity contribution in [3.8, 4) is 0 Å². The Balaban J connectivity index is 2.15. The molecule has 0 unspecified atom stereocenters. The van der Waals surface area contributed by atoms with Gasteiger partial charge in [0.2, 0.25) is 0 Å². The molecule has 3 heteroatoms. The van der Waals surface area contributed by atoms with Crippen LogP contribution in [-0.4, -0.2) is 4.02 Å². The third-order valence-corrected chi connectivity index (χ3v) is 5.53. The molecule has 0 aliphatic rings. The fourth-order valence-corrected chi connectivity index (χ4v) is 4.17. The maximum atomic E-state index is 6.15. The zero-order chi connectivity index (χ0) is 14.2. The Bertz CT molecular complexity index is 631. The average Bonchev–Trinajstić information content (AvgIpc) is 2.52. The standard InChI is InChI=1S/C17H14S.ClH.Ir/c18-17(13-11-15-7-3-1-4-8-15)14-12-16-9-5-2-6-10-16;;/h1-11,13-14,18H;1H;/q;;+1/p-1/b13-11+,17-14-;;. The number of benzene rings is 2. The molecule has 2 rings (SSSR count). The summed E-state index contributed by atoms with van der Waals surface area (Å²) in [5, 5.41) is 0. The van der Waals surface area contributed by atoms with E-state index in [-0.39, 0.29) is 0 Å². The van der Waals surface area contributed by atoms with Gasteiger partial charge in [-0.25, -0.2) is 0 Å². The quantitative estimate of drug-likeness (QED) is 0.466. The molecular formula is C17H14ClIrS. The van der Waals surface area contributed by atoms with E-state index in [1.54, 1.807) is 0 Å². The van der Waals surface area contributed by atoms with Gasteiger partial charge in [0.05, 0.1) is 0 Å². The fraction of sp³-hybridized carbons (Fsp3) is 0. The van der Waals surface area contributed by atoms with E-state index in [9.17, 15) is 0 Å². The van der Waals surface area contributed by atoms with Crippen LogP contribution in [0.1, 0.15) is 11.1 Å². The van der Waals surface area contributed by atoms with Gasteiger partial charge in [0, 0.05) is 0 Å². The minimum absolute atomic E-state index is 0.640. The van der Waals surface area contributed by atoms with Gasteiger partial charge < -0.3 is 0 Å². The molecule has 0 spiro atoms. The van der Waals surface area contributed by atoms with Crippen LogP contribution in [0.5, 0.6) is 0 Å². The Morgan fingerprint density at radius 1 is 0.950 bits per heavy atom. The maximum absolute atomic E-state index is 6.15. The molecule has 0 aromatic heterocycles. The van der Waals surface area contributed by atoms with E-state index < -0.39 is 16.2 Å². The van der Waals surface area contributed by atoms with Gasteiger partial charge in [0.15, 0.2) is 0 Å². The van der Waals surface area contributed by atoms with Crippen LogP contribution in [0, 0.1) is 0 Å². The van der Waals surface area contributed by atoms with Crippen LogP contribution in [0.25, 0.3) is 6.08 Å². The summed E-state index contributed by atoms with van der Waals surface area (Å²) in [5.41, 5.74) is 2.35. The second-order valence-electron chi connectivity index (χ2n) is 4.07. The molecule has 20 heavy (non-hydrogen) atoms. The number of halogens is 1. The number of allylic oxidation sites excluding steroid dienone is 2. The van der Waals surface area contributed by atoms with E-state index in [0.29, 0.717) is 0 Å². The van der Waals surface area contributed by atoms with Gasteiger partial charge in [-0.05, 0) is 0 Å². The first-order chi connectivity index (χ1) is 9.79. The number of rotatable bonds is 4. The predicted molar refractivity (Wildman–Crippen MR) is 88.9 cm³/mol. The second-order valence-corrected chi connectivity index (χ2v) is 7.36. The average molecular weight is 478 g/mol. The van der Waals surface area contributed by atoms with E-state index in [0.717, 1.165) is 10.5 Å². The molecule has 0 nitrogen and oxygen atoms in total. The molecule has 0 fully saturated rings. The molecule has 0 heterocycles. The van der Waals surface area contributed by atoms with E-state index >= 15 is 0 Å². The Kier molecular flexibility index (Phi) is 6.48. The van der Waals surface area contributed by atoms with Crippen LogP contribution in [0.2, 0.25) is 0 Å². The Hall–Kier alpha value is -0.921. The third kappa shape index (κ3) is 4.88. The molecule has 0 aliphatic carbocycles. The van der Waals surface area contributed by atoms with Crippen molar-refractivity contribution in [1.29, 1.82) is 0 Å². The number of hydrogen-bond acceptors (Lipinski definition) is 1. The summed E-state index contributed by atoms with van der Waals surface area (Å²) in [6, 6.07) is 20.4. The summed E-state index contributed by atoms with van der Waals surface area (Å²) in [6.45, 7) is 0. The van der Waals surface area contributed by atoms with Crippen molar-refractivity contribution in [1.82, 2.24) is 0 Å². The summed E-state index contributed by atoms with van der Waals surface area (Å²) in [7, 11) is 6.15. The molecule has 0 saturated heterocycles. The Morgan fingerprint density at radius 2 is 1.55 bits per heavy atom. The predicted octanol–water partition coefficient (Wildman–Crippen LogP) is 4.97. The number of thiol groups is 1. The van der Waals surface area contributed by atoms with Crippen molar-refractivity contribution in [3.05, 3.63) is 88.8 Å². The van der Waals surface area contributed by atoms with Gasteiger partial charge in [-0.2, -0.15) is 0 Å². The molecule has 2 aromatic carbocycles. The molecule has 0 atom stereocenters. The zero-order valence-corrected chi connectivity index (χ0v) is 14.7. The molecule has 0 radical (unpaired) electrons. The van der Waals surface area contributed by atoms with Gasteiger partial charge in [0.25, 0.3) is 0 Å². The van der Waals surface area contributed by atoms with Gasteiger partial charge >= 0.3 is 137 Å². The molecule has 0 aliphatic heterocycles. The van der Waals surface area contributed by atoms with Gasteiger partial charge in [-0.3, -0.25) is 0 Å². The first-order valence-corrected chi connectivity index (χ1v) is 10.7. The molecule has 2 aromatic rings. The van der Waals surface area contributed by atoms with E-state index in [1.807, 2.05) is 42.5 Å². The molecule has 104 valence electrons. The summed E-state index contributed by atoms with van der Waals surface area (Å²) in [5.74, 6) is 0. The van der Waals surface area contributed by atoms with Crippen molar-refractivity contribution in [3.63, 3.8) is 0 Å². The Morgan fingerprint density at radius 3 is 2.15 bits per heavy atom. The van der Waals surface area contributed by atoms with E-state index in [1.165, 1.54) is 9.59 Å². The van der Waals surface area contributed by atoms with Crippen molar-refractivity contribution in [2.45, 2.75) is 0 Å². The molecule has 0 bridgehead atoms. The molecular weight excluding hydrogens is 464 g/mol. The summed E-state index contributed by atoms with van der Waals surface area (Å²) >= 11 is 3.88. The SMILES string of the molecule is SC(=C\[C](=[Ir][Cl])c1ccccc1)/C=C/c1ccccc1. The van der Waals surface area contributed by atoms with Gasteiger partial charge in [-0.15, -0.1) is 0 Å². The summed E-state index contributed by atoms with van der Waals surface area (Å²) < 4.78 is 1.19. The third-order valence-electron chi connectivity index (χ3n) is 2.62. The van der Waals surface area contributed by atoms with Crippen molar-refractivity contribution >= 4 is 32.3 Å². The van der Waals surface area contributed by atoms with Crippen LogP contribution in [-0.2, 0) is 16.2 Å².